The summed E-state index contributed by atoms with van der Waals surface area (Å²) in [5, 5.41) is 15.0. The average molecular weight is 458 g/mol. The summed E-state index contributed by atoms with van der Waals surface area (Å²) in [5.41, 5.74) is -0.687. The SMILES string of the molecule is C=CC1CN(C(=O)C(NC(=O)C(C)NC(=O)c2cnccn2)C(C)(C)C)C(C(=O)O)C1C=C. The number of carboxylic acids is 1. The molecule has 33 heavy (non-hydrogen) atoms. The van der Waals surface area contributed by atoms with Gasteiger partial charge in [0, 0.05) is 30.8 Å². The molecule has 1 aromatic heterocycles. The number of carboxylic acid groups (broad SMARTS) is 1. The third kappa shape index (κ3) is 5.82. The molecule has 0 aromatic carbocycles. The Kier molecular flexibility index (Phi) is 8.08. The second kappa shape index (κ2) is 10.4. The van der Waals surface area contributed by atoms with E-state index in [-0.39, 0.29) is 18.2 Å². The van der Waals surface area contributed by atoms with Crippen LogP contribution in [0.5, 0.6) is 0 Å². The van der Waals surface area contributed by atoms with E-state index in [0.717, 1.165) is 0 Å². The van der Waals surface area contributed by atoms with Crippen molar-refractivity contribution < 1.29 is 24.3 Å². The number of rotatable bonds is 8. The van der Waals surface area contributed by atoms with Crippen LogP contribution in [-0.2, 0) is 14.4 Å². The third-order valence-corrected chi connectivity index (χ3v) is 5.65. The number of aromatic nitrogens is 2. The van der Waals surface area contributed by atoms with Crippen molar-refractivity contribution in [2.45, 2.75) is 45.8 Å². The molecule has 10 nitrogen and oxygen atoms in total. The summed E-state index contributed by atoms with van der Waals surface area (Å²) in [6, 6.07) is -3.13. The maximum absolute atomic E-state index is 13.5. The minimum Gasteiger partial charge on any atom is -0.480 e. The molecule has 5 unspecified atom stereocenters. The molecule has 3 N–H and O–H groups in total. The zero-order chi connectivity index (χ0) is 24.9. The summed E-state index contributed by atoms with van der Waals surface area (Å²) in [7, 11) is 0. The number of nitrogens with zero attached hydrogens (tertiary/aromatic N) is 3. The Morgan fingerprint density at radius 3 is 2.33 bits per heavy atom. The van der Waals surface area contributed by atoms with E-state index in [1.807, 2.05) is 0 Å². The average Bonchev–Trinajstić information content (AvgIpc) is 3.15. The summed E-state index contributed by atoms with van der Waals surface area (Å²) in [4.78, 5) is 59.6. The molecule has 5 atom stereocenters. The van der Waals surface area contributed by atoms with Gasteiger partial charge in [-0.1, -0.05) is 32.9 Å². The lowest BCUT2D eigenvalue weighted by Gasteiger charge is -2.35. The molecule has 178 valence electrons. The first-order chi connectivity index (χ1) is 15.4. The van der Waals surface area contributed by atoms with Crippen molar-refractivity contribution in [3.8, 4) is 0 Å². The fourth-order valence-corrected chi connectivity index (χ4v) is 3.80. The highest BCUT2D eigenvalue weighted by molar-refractivity contribution is 5.97. The summed E-state index contributed by atoms with van der Waals surface area (Å²) in [5.74, 6) is -3.61. The van der Waals surface area contributed by atoms with Gasteiger partial charge in [0.15, 0.2) is 0 Å². The summed E-state index contributed by atoms with van der Waals surface area (Å²) in [6.07, 6.45) is 7.18. The quantitative estimate of drug-likeness (QED) is 0.495. The van der Waals surface area contributed by atoms with E-state index in [4.69, 9.17) is 0 Å². The van der Waals surface area contributed by atoms with Crippen LogP contribution in [0.4, 0.5) is 0 Å². The predicted molar refractivity (Wildman–Crippen MR) is 121 cm³/mol. The first-order valence-corrected chi connectivity index (χ1v) is 10.6. The van der Waals surface area contributed by atoms with E-state index in [1.54, 1.807) is 26.8 Å². The van der Waals surface area contributed by atoms with Gasteiger partial charge in [-0.15, -0.1) is 13.2 Å². The van der Waals surface area contributed by atoms with E-state index in [0.29, 0.717) is 0 Å². The molecule has 0 spiro atoms. The van der Waals surface area contributed by atoms with E-state index in [2.05, 4.69) is 33.8 Å². The van der Waals surface area contributed by atoms with Crippen LogP contribution in [0.15, 0.2) is 43.9 Å². The molecule has 0 bridgehead atoms. The van der Waals surface area contributed by atoms with Crippen LogP contribution >= 0.6 is 0 Å². The zero-order valence-electron chi connectivity index (χ0n) is 19.3. The smallest absolute Gasteiger partial charge is 0.327 e. The number of aliphatic carboxylic acids is 1. The number of amides is 3. The first-order valence-electron chi connectivity index (χ1n) is 10.6. The second-order valence-electron chi connectivity index (χ2n) is 9.08. The van der Waals surface area contributed by atoms with Gasteiger partial charge in [0.05, 0.1) is 6.20 Å². The molecule has 0 aliphatic carbocycles. The van der Waals surface area contributed by atoms with Crippen LogP contribution < -0.4 is 10.6 Å². The Labute approximate surface area is 193 Å². The number of hydrogen-bond donors (Lipinski definition) is 3. The maximum atomic E-state index is 13.5. The van der Waals surface area contributed by atoms with Crippen LogP contribution in [0, 0.1) is 17.3 Å². The second-order valence-corrected chi connectivity index (χ2v) is 9.08. The van der Waals surface area contributed by atoms with Crippen molar-refractivity contribution in [1.82, 2.24) is 25.5 Å². The molecule has 3 amide bonds. The Balaban J connectivity index is 2.21. The van der Waals surface area contributed by atoms with Crippen LogP contribution in [-0.4, -0.2) is 68.3 Å². The first kappa shape index (κ1) is 25.7. The lowest BCUT2D eigenvalue weighted by atomic mass is 9.85. The van der Waals surface area contributed by atoms with E-state index in [9.17, 15) is 24.3 Å². The van der Waals surface area contributed by atoms with Gasteiger partial charge >= 0.3 is 5.97 Å². The van der Waals surface area contributed by atoms with Crippen molar-refractivity contribution in [2.75, 3.05) is 6.54 Å². The highest BCUT2D eigenvalue weighted by atomic mass is 16.4. The highest BCUT2D eigenvalue weighted by Gasteiger charge is 2.48. The molecule has 1 aliphatic heterocycles. The minimum atomic E-state index is -1.15. The van der Waals surface area contributed by atoms with E-state index >= 15 is 0 Å². The van der Waals surface area contributed by atoms with E-state index in [1.165, 1.54) is 36.5 Å². The minimum absolute atomic E-state index is 0.0490. The highest BCUT2D eigenvalue weighted by Crippen LogP contribution is 2.34. The third-order valence-electron chi connectivity index (χ3n) is 5.65. The molecular weight excluding hydrogens is 426 g/mol. The Hall–Kier alpha value is -3.56. The Morgan fingerprint density at radius 2 is 1.85 bits per heavy atom. The Morgan fingerprint density at radius 1 is 1.18 bits per heavy atom. The number of hydrogen-bond acceptors (Lipinski definition) is 6. The maximum Gasteiger partial charge on any atom is 0.327 e. The standard InChI is InChI=1S/C23H31N5O5/c1-7-14-12-28(17(22(32)33)15(14)8-2)21(31)18(23(4,5)6)27-19(29)13(3)26-20(30)16-11-24-9-10-25-16/h7-11,13-15,17-18H,1-2,12H2,3-6H3,(H,26,30)(H,27,29)(H,32,33). The van der Waals surface area contributed by atoms with Gasteiger partial charge in [-0.3, -0.25) is 19.4 Å². The molecule has 10 heteroatoms. The number of likely N-dealkylation sites (tertiary alicyclic amines) is 1. The molecule has 2 heterocycles. The van der Waals surface area contributed by atoms with Crippen molar-refractivity contribution >= 4 is 23.7 Å². The zero-order valence-corrected chi connectivity index (χ0v) is 19.3. The van der Waals surface area contributed by atoms with Crippen LogP contribution in [0.2, 0.25) is 0 Å². The van der Waals surface area contributed by atoms with E-state index < -0.39 is 53.1 Å². The molecule has 1 saturated heterocycles. The van der Waals surface area contributed by atoms with Crippen molar-refractivity contribution in [3.05, 3.63) is 49.6 Å². The number of carbonyl (C=O) groups excluding carboxylic acids is 3. The monoisotopic (exact) mass is 457 g/mol. The number of carbonyl (C=O) groups is 4. The molecular formula is C23H31N5O5. The predicted octanol–water partition coefficient (Wildman–Crippen LogP) is 1.03. The van der Waals surface area contributed by atoms with Gasteiger partial charge in [-0.2, -0.15) is 0 Å². The molecule has 1 fully saturated rings. The van der Waals surface area contributed by atoms with Gasteiger partial charge in [-0.25, -0.2) is 9.78 Å². The van der Waals surface area contributed by atoms with Crippen LogP contribution in [0.1, 0.15) is 38.2 Å². The van der Waals surface area contributed by atoms with Crippen LogP contribution in [0.3, 0.4) is 0 Å². The van der Waals surface area contributed by atoms with Crippen molar-refractivity contribution in [1.29, 1.82) is 0 Å². The van der Waals surface area contributed by atoms with Crippen LogP contribution in [0.25, 0.3) is 0 Å². The van der Waals surface area contributed by atoms with Gasteiger partial charge in [0.1, 0.15) is 23.8 Å². The molecule has 1 aromatic rings. The fourth-order valence-electron chi connectivity index (χ4n) is 3.80. The fraction of sp³-hybridized carbons (Fsp3) is 0.478. The summed E-state index contributed by atoms with van der Waals surface area (Å²) < 4.78 is 0. The van der Waals surface area contributed by atoms with Gasteiger partial charge in [-0.05, 0) is 12.3 Å². The van der Waals surface area contributed by atoms with Crippen molar-refractivity contribution in [2.24, 2.45) is 17.3 Å². The molecule has 1 aliphatic rings. The molecule has 0 saturated carbocycles. The van der Waals surface area contributed by atoms with Gasteiger partial charge < -0.3 is 20.6 Å². The van der Waals surface area contributed by atoms with Gasteiger partial charge in [0.2, 0.25) is 11.8 Å². The lowest BCUT2D eigenvalue weighted by molar-refractivity contribution is -0.151. The molecule has 2 rings (SSSR count). The molecule has 0 radical (unpaired) electrons. The number of nitrogens with one attached hydrogen (secondary N) is 2. The topological polar surface area (TPSA) is 142 Å². The van der Waals surface area contributed by atoms with Crippen molar-refractivity contribution in [3.63, 3.8) is 0 Å². The summed E-state index contributed by atoms with van der Waals surface area (Å²) >= 11 is 0. The van der Waals surface area contributed by atoms with Gasteiger partial charge in [0.25, 0.3) is 5.91 Å². The lowest BCUT2D eigenvalue weighted by Crippen LogP contribution is -2.59. The largest absolute Gasteiger partial charge is 0.480 e. The normalized spacial score (nSPS) is 22.1. The Bertz CT molecular complexity index is 927. The summed E-state index contributed by atoms with van der Waals surface area (Å²) in [6.45, 7) is 14.4.